The number of hydrogen-bond acceptors (Lipinski definition) is 6. The highest BCUT2D eigenvalue weighted by Crippen LogP contribution is 2.16. The van der Waals surface area contributed by atoms with Crippen LogP contribution in [0.4, 0.5) is 0 Å². The van der Waals surface area contributed by atoms with E-state index in [4.69, 9.17) is 11.6 Å². The molecule has 18 heavy (non-hydrogen) atoms. The molecule has 0 fully saturated rings. The van der Waals surface area contributed by atoms with Crippen LogP contribution in [0.25, 0.3) is 17.3 Å². The van der Waals surface area contributed by atoms with E-state index < -0.39 is 0 Å². The van der Waals surface area contributed by atoms with Gasteiger partial charge in [0.1, 0.15) is 12.7 Å². The highest BCUT2D eigenvalue weighted by Gasteiger charge is 2.10. The molecule has 3 rings (SSSR count). The maximum Gasteiger partial charge on any atom is 0.256 e. The zero-order chi connectivity index (χ0) is 12.5. The van der Waals surface area contributed by atoms with Gasteiger partial charge in [0.05, 0.1) is 11.8 Å². The number of rotatable bonds is 2. The Morgan fingerprint density at radius 1 is 1.17 bits per heavy atom. The monoisotopic (exact) mass is 262 g/mol. The minimum absolute atomic E-state index is 0.0920. The van der Waals surface area contributed by atoms with Crippen LogP contribution in [0.15, 0.2) is 25.0 Å². The van der Waals surface area contributed by atoms with Crippen LogP contribution in [0.3, 0.4) is 0 Å². The second-order valence-electron chi connectivity index (χ2n) is 3.47. The van der Waals surface area contributed by atoms with Crippen molar-refractivity contribution in [2.45, 2.75) is 0 Å². The van der Waals surface area contributed by atoms with Gasteiger partial charge in [-0.05, 0) is 11.6 Å². The number of hydrogen-bond donors (Lipinski definition) is 0. The summed E-state index contributed by atoms with van der Waals surface area (Å²) < 4.78 is 3.07. The molecule has 0 unspecified atom stereocenters. The number of nitrogens with zero attached hydrogens (tertiary/aromatic N) is 8. The number of halogens is 1. The molecule has 0 spiro atoms. The molecule has 0 amide bonds. The Bertz CT molecular complexity index is 674. The van der Waals surface area contributed by atoms with Gasteiger partial charge < -0.3 is 0 Å². The quantitative estimate of drug-likeness (QED) is 0.669. The van der Waals surface area contributed by atoms with Gasteiger partial charge in [-0.25, -0.2) is 4.98 Å². The van der Waals surface area contributed by atoms with Crippen molar-refractivity contribution >= 4 is 11.6 Å². The molecule has 0 saturated carbocycles. The van der Waals surface area contributed by atoms with E-state index in [0.29, 0.717) is 11.8 Å². The van der Waals surface area contributed by atoms with Gasteiger partial charge in [-0.1, -0.05) is 0 Å². The van der Waals surface area contributed by atoms with Gasteiger partial charge in [0, 0.05) is 13.2 Å². The molecule has 9 heteroatoms. The van der Waals surface area contributed by atoms with Crippen molar-refractivity contribution in [3.05, 3.63) is 30.3 Å². The van der Waals surface area contributed by atoms with E-state index in [1.165, 1.54) is 17.3 Å². The van der Waals surface area contributed by atoms with Gasteiger partial charge in [-0.3, -0.25) is 4.68 Å². The summed E-state index contributed by atoms with van der Waals surface area (Å²) in [6, 6.07) is 0. The van der Waals surface area contributed by atoms with Crippen molar-refractivity contribution in [1.82, 2.24) is 39.5 Å². The Labute approximate surface area is 106 Å². The Kier molecular flexibility index (Phi) is 2.49. The lowest BCUT2D eigenvalue weighted by Gasteiger charge is -2.01. The highest BCUT2D eigenvalue weighted by molar-refractivity contribution is 6.28. The predicted molar refractivity (Wildman–Crippen MR) is 62.0 cm³/mol. The fourth-order valence-corrected chi connectivity index (χ4v) is 1.58. The molecule has 0 aliphatic rings. The van der Waals surface area contributed by atoms with E-state index in [-0.39, 0.29) is 5.28 Å². The molecule has 0 saturated heterocycles. The first-order chi connectivity index (χ1) is 8.72. The smallest absolute Gasteiger partial charge is 0.256 e. The highest BCUT2D eigenvalue weighted by atomic mass is 35.5. The average Bonchev–Trinajstić information content (AvgIpc) is 2.98. The van der Waals surface area contributed by atoms with Gasteiger partial charge >= 0.3 is 0 Å². The van der Waals surface area contributed by atoms with Gasteiger partial charge in [-0.2, -0.15) is 29.8 Å². The topological polar surface area (TPSA) is 87.2 Å². The standard InChI is InChI=1S/C9H7ClN8/c1-17-3-6(2-12-17)7-14-8(10)16-9(15-7)18-5-11-4-13-18/h2-5H,1H3. The van der Waals surface area contributed by atoms with Crippen molar-refractivity contribution in [2.24, 2.45) is 7.05 Å². The molecule has 3 heterocycles. The Morgan fingerprint density at radius 2 is 2.06 bits per heavy atom. The first-order valence-corrected chi connectivity index (χ1v) is 5.36. The molecule has 90 valence electrons. The van der Waals surface area contributed by atoms with Crippen LogP contribution in [0, 0.1) is 0 Å². The minimum atomic E-state index is 0.0920. The number of aromatic nitrogens is 8. The Morgan fingerprint density at radius 3 is 2.72 bits per heavy atom. The molecular formula is C9H7ClN8. The summed E-state index contributed by atoms with van der Waals surface area (Å²) >= 11 is 5.87. The summed E-state index contributed by atoms with van der Waals surface area (Å²) in [4.78, 5) is 16.1. The van der Waals surface area contributed by atoms with Crippen LogP contribution in [0.1, 0.15) is 0 Å². The molecule has 0 bridgehead atoms. The van der Waals surface area contributed by atoms with E-state index in [1.807, 2.05) is 7.05 Å². The Hall–Kier alpha value is -2.35. The zero-order valence-electron chi connectivity index (χ0n) is 9.27. The van der Waals surface area contributed by atoms with Crippen molar-refractivity contribution in [1.29, 1.82) is 0 Å². The lowest BCUT2D eigenvalue weighted by atomic mass is 10.3. The van der Waals surface area contributed by atoms with Crippen molar-refractivity contribution in [3.8, 4) is 17.3 Å². The SMILES string of the molecule is Cn1cc(-c2nc(Cl)nc(-n3cncn3)n2)cn1. The predicted octanol–water partition coefficient (Wildman–Crippen LogP) is 0.506. The molecule has 3 aromatic rings. The van der Waals surface area contributed by atoms with Crippen LogP contribution in [-0.4, -0.2) is 39.5 Å². The molecule has 0 aliphatic carbocycles. The summed E-state index contributed by atoms with van der Waals surface area (Å²) in [6.45, 7) is 0. The maximum absolute atomic E-state index is 5.87. The maximum atomic E-state index is 5.87. The molecule has 3 aromatic heterocycles. The summed E-state index contributed by atoms with van der Waals surface area (Å²) in [6.07, 6.45) is 6.31. The van der Waals surface area contributed by atoms with Crippen LogP contribution >= 0.6 is 11.6 Å². The molecular weight excluding hydrogens is 256 g/mol. The summed E-state index contributed by atoms with van der Waals surface area (Å²) in [5.74, 6) is 0.750. The van der Waals surface area contributed by atoms with Crippen molar-refractivity contribution < 1.29 is 0 Å². The number of aryl methyl sites for hydroxylation is 1. The van der Waals surface area contributed by atoms with Crippen LogP contribution < -0.4 is 0 Å². The third-order valence-corrected chi connectivity index (χ3v) is 2.35. The minimum Gasteiger partial charge on any atom is -0.275 e. The molecule has 8 nitrogen and oxygen atoms in total. The fourth-order valence-electron chi connectivity index (χ4n) is 1.42. The second kappa shape index (κ2) is 4.15. The van der Waals surface area contributed by atoms with E-state index in [2.05, 4.69) is 30.1 Å². The van der Waals surface area contributed by atoms with Gasteiger partial charge in [0.25, 0.3) is 5.95 Å². The lowest BCUT2D eigenvalue weighted by Crippen LogP contribution is -2.04. The fraction of sp³-hybridized carbons (Fsp3) is 0.111. The van der Waals surface area contributed by atoms with Gasteiger partial charge in [0.15, 0.2) is 5.82 Å². The first-order valence-electron chi connectivity index (χ1n) is 4.98. The third-order valence-electron chi connectivity index (χ3n) is 2.18. The van der Waals surface area contributed by atoms with Gasteiger partial charge in [0.2, 0.25) is 5.28 Å². The molecule has 0 aromatic carbocycles. The lowest BCUT2D eigenvalue weighted by molar-refractivity contribution is 0.767. The molecule has 0 N–H and O–H groups in total. The first kappa shape index (κ1) is 10.8. The second-order valence-corrected chi connectivity index (χ2v) is 3.81. The molecule has 0 radical (unpaired) electrons. The third kappa shape index (κ3) is 1.93. The van der Waals surface area contributed by atoms with E-state index >= 15 is 0 Å². The summed E-state index contributed by atoms with van der Waals surface area (Å²) in [5.41, 5.74) is 0.753. The van der Waals surface area contributed by atoms with Crippen molar-refractivity contribution in [2.75, 3.05) is 0 Å². The Balaban J connectivity index is 2.11. The van der Waals surface area contributed by atoms with Gasteiger partial charge in [-0.15, -0.1) is 0 Å². The largest absolute Gasteiger partial charge is 0.275 e. The van der Waals surface area contributed by atoms with Crippen LogP contribution in [0.2, 0.25) is 5.28 Å². The van der Waals surface area contributed by atoms with E-state index in [1.54, 1.807) is 17.1 Å². The average molecular weight is 263 g/mol. The normalized spacial score (nSPS) is 10.8. The van der Waals surface area contributed by atoms with Crippen molar-refractivity contribution in [3.63, 3.8) is 0 Å². The summed E-state index contributed by atoms with van der Waals surface area (Å²) in [7, 11) is 1.81. The summed E-state index contributed by atoms with van der Waals surface area (Å²) in [5, 5.41) is 8.09. The molecule has 0 atom stereocenters. The molecule has 0 aliphatic heterocycles. The van der Waals surface area contributed by atoms with Crippen LogP contribution in [-0.2, 0) is 7.05 Å². The van der Waals surface area contributed by atoms with E-state index in [0.717, 1.165) is 5.56 Å². The van der Waals surface area contributed by atoms with Crippen LogP contribution in [0.5, 0.6) is 0 Å². The zero-order valence-corrected chi connectivity index (χ0v) is 10.0. The van der Waals surface area contributed by atoms with E-state index in [9.17, 15) is 0 Å².